The van der Waals surface area contributed by atoms with E-state index in [1.54, 1.807) is 0 Å². The Bertz CT molecular complexity index is 1910. The van der Waals surface area contributed by atoms with E-state index < -0.39 is 0 Å². The highest BCUT2D eigenvalue weighted by Crippen LogP contribution is 2.38. The van der Waals surface area contributed by atoms with Crippen LogP contribution in [0, 0.1) is 22.7 Å². The van der Waals surface area contributed by atoms with Gasteiger partial charge in [-0.25, -0.2) is 0 Å². The molecular formula is C32H20N4. The van der Waals surface area contributed by atoms with Gasteiger partial charge in [-0.1, -0.05) is 60.7 Å². The van der Waals surface area contributed by atoms with Gasteiger partial charge in [-0.2, -0.15) is 10.5 Å². The Morgan fingerprint density at radius 2 is 1.11 bits per heavy atom. The number of allylic oxidation sites excluding steroid dienone is 1. The molecule has 7 rings (SSSR count). The first-order valence-electron chi connectivity index (χ1n) is 12.1. The van der Waals surface area contributed by atoms with Crippen molar-refractivity contribution in [3.05, 3.63) is 113 Å². The molecule has 0 atom stereocenters. The van der Waals surface area contributed by atoms with Crippen molar-refractivity contribution in [3.8, 4) is 23.5 Å². The molecule has 1 aliphatic rings. The van der Waals surface area contributed by atoms with Crippen LogP contribution in [-0.2, 0) is 6.42 Å². The van der Waals surface area contributed by atoms with Gasteiger partial charge >= 0.3 is 0 Å². The van der Waals surface area contributed by atoms with Crippen molar-refractivity contribution in [2.24, 2.45) is 0 Å². The molecule has 4 heteroatoms. The lowest BCUT2D eigenvalue weighted by atomic mass is 10.0. The van der Waals surface area contributed by atoms with Crippen LogP contribution in [0.15, 0.2) is 91.0 Å². The Morgan fingerprint density at radius 3 is 1.69 bits per heavy atom. The fourth-order valence-corrected chi connectivity index (χ4v) is 5.75. The number of benzene rings is 4. The van der Waals surface area contributed by atoms with Gasteiger partial charge in [0.1, 0.15) is 12.1 Å². The summed E-state index contributed by atoms with van der Waals surface area (Å²) in [7, 11) is 0. The lowest BCUT2D eigenvalue weighted by Gasteiger charge is -2.17. The predicted octanol–water partition coefficient (Wildman–Crippen LogP) is 7.43. The quantitative estimate of drug-likeness (QED) is 0.270. The Kier molecular flexibility index (Phi) is 4.37. The van der Waals surface area contributed by atoms with E-state index in [2.05, 4.69) is 75.9 Å². The molecule has 0 N–H and O–H groups in total. The number of fused-ring (bicyclic) bond motifs is 6. The van der Waals surface area contributed by atoms with Gasteiger partial charge in [0, 0.05) is 21.9 Å². The normalized spacial score (nSPS) is 12.6. The molecule has 2 aromatic heterocycles. The fourth-order valence-electron chi connectivity index (χ4n) is 5.75. The van der Waals surface area contributed by atoms with E-state index in [9.17, 15) is 10.5 Å². The number of aromatic nitrogens is 2. The predicted molar refractivity (Wildman–Crippen MR) is 144 cm³/mol. The molecule has 0 saturated carbocycles. The van der Waals surface area contributed by atoms with Crippen LogP contribution in [0.2, 0.25) is 0 Å². The van der Waals surface area contributed by atoms with E-state index in [4.69, 9.17) is 0 Å². The van der Waals surface area contributed by atoms with Crippen LogP contribution in [0.4, 0.5) is 0 Å². The van der Waals surface area contributed by atoms with Crippen molar-refractivity contribution in [2.45, 2.75) is 12.8 Å². The van der Waals surface area contributed by atoms with Crippen LogP contribution in [0.25, 0.3) is 50.2 Å². The number of hydrogen-bond acceptors (Lipinski definition) is 2. The first-order chi connectivity index (χ1) is 17.8. The largest absolute Gasteiger partial charge is 0.308 e. The van der Waals surface area contributed by atoms with E-state index in [1.807, 2.05) is 42.5 Å². The minimum atomic E-state index is 0.529. The first kappa shape index (κ1) is 20.3. The number of hydrogen-bond donors (Lipinski definition) is 0. The number of rotatable bonds is 2. The maximum absolute atomic E-state index is 10.3. The van der Waals surface area contributed by atoms with Crippen LogP contribution < -0.4 is 0 Å². The molecule has 0 bridgehead atoms. The Hall–Kier alpha value is -5.06. The van der Waals surface area contributed by atoms with Crippen LogP contribution >= 0.6 is 0 Å². The van der Waals surface area contributed by atoms with E-state index in [0.29, 0.717) is 11.1 Å². The molecule has 0 amide bonds. The van der Waals surface area contributed by atoms with E-state index in [1.165, 1.54) is 10.9 Å². The average molecular weight is 461 g/mol. The lowest BCUT2D eigenvalue weighted by Crippen LogP contribution is -2.06. The first-order valence-corrected chi connectivity index (χ1v) is 12.1. The summed E-state index contributed by atoms with van der Waals surface area (Å²) in [6.45, 7) is 0. The molecule has 0 spiro atoms. The van der Waals surface area contributed by atoms with Crippen LogP contribution in [-0.4, -0.2) is 9.13 Å². The maximum Gasteiger partial charge on any atom is 0.101 e. The van der Waals surface area contributed by atoms with Gasteiger partial charge < -0.3 is 9.13 Å². The standard InChI is InChI=1S/C32H20N4/c33-19-21-18-32(36-29-15-7-3-11-25(29)26-12-4-8-16-30(26)36)22(20-34)17-31(21)35-27-13-5-1-9-23(27)24-10-2-6-14-28(24)35/h1-3,5-11,13-18H,4,12H2. The van der Waals surface area contributed by atoms with Crippen LogP contribution in [0.1, 0.15) is 28.8 Å². The highest BCUT2D eigenvalue weighted by molar-refractivity contribution is 6.09. The zero-order valence-electron chi connectivity index (χ0n) is 19.4. The summed E-state index contributed by atoms with van der Waals surface area (Å²) in [6.07, 6.45) is 6.29. The van der Waals surface area contributed by atoms with Gasteiger partial charge in [-0.3, -0.25) is 0 Å². The molecule has 6 aromatic rings. The molecular weight excluding hydrogens is 440 g/mol. The summed E-state index contributed by atoms with van der Waals surface area (Å²) in [5, 5.41) is 24.1. The summed E-state index contributed by atoms with van der Waals surface area (Å²) in [4.78, 5) is 0. The molecule has 0 radical (unpaired) electrons. The second-order valence-electron chi connectivity index (χ2n) is 9.14. The van der Waals surface area contributed by atoms with Gasteiger partial charge in [0.05, 0.1) is 39.1 Å². The molecule has 168 valence electrons. The minimum Gasteiger partial charge on any atom is -0.308 e. The van der Waals surface area contributed by atoms with Crippen molar-refractivity contribution in [1.82, 2.24) is 9.13 Å². The smallest absolute Gasteiger partial charge is 0.101 e. The third kappa shape index (κ3) is 2.73. The fraction of sp³-hybridized carbons (Fsp3) is 0.0625. The minimum absolute atomic E-state index is 0.529. The SMILES string of the molecule is N#Cc1cc(-n2c3ccccc3c3ccccc32)c(C#N)cc1-n1c2c(c3ccccc31)CCC=C2. The zero-order valence-corrected chi connectivity index (χ0v) is 19.4. The third-order valence-corrected chi connectivity index (χ3v) is 7.27. The highest BCUT2D eigenvalue weighted by Gasteiger charge is 2.22. The summed E-state index contributed by atoms with van der Waals surface area (Å²) >= 11 is 0. The molecule has 0 saturated heterocycles. The second kappa shape index (κ2) is 7.73. The second-order valence-corrected chi connectivity index (χ2v) is 9.14. The molecule has 0 aliphatic heterocycles. The Morgan fingerprint density at radius 1 is 0.611 bits per heavy atom. The van der Waals surface area contributed by atoms with Gasteiger partial charge in [0.15, 0.2) is 0 Å². The van der Waals surface area contributed by atoms with Gasteiger partial charge in [0.25, 0.3) is 0 Å². The highest BCUT2D eigenvalue weighted by atomic mass is 15.0. The maximum atomic E-state index is 10.3. The van der Waals surface area contributed by atoms with Gasteiger partial charge in [-0.15, -0.1) is 0 Å². The van der Waals surface area contributed by atoms with Gasteiger partial charge in [-0.05, 0) is 54.8 Å². The van der Waals surface area contributed by atoms with Crippen LogP contribution in [0.5, 0.6) is 0 Å². The lowest BCUT2D eigenvalue weighted by molar-refractivity contribution is 0.965. The van der Waals surface area contributed by atoms with Gasteiger partial charge in [0.2, 0.25) is 0 Å². The number of nitriles is 2. The number of aryl methyl sites for hydroxylation is 1. The molecule has 36 heavy (non-hydrogen) atoms. The summed E-state index contributed by atoms with van der Waals surface area (Å²) < 4.78 is 4.26. The van der Waals surface area contributed by atoms with Crippen molar-refractivity contribution < 1.29 is 0 Å². The molecule has 4 nitrogen and oxygen atoms in total. The molecule has 0 unspecified atom stereocenters. The molecule has 4 aromatic carbocycles. The Labute approximate surface area is 208 Å². The average Bonchev–Trinajstić information content (AvgIpc) is 3.45. The summed E-state index contributed by atoms with van der Waals surface area (Å²) in [6, 6.07) is 33.4. The number of para-hydroxylation sites is 3. The van der Waals surface area contributed by atoms with Crippen LogP contribution in [0.3, 0.4) is 0 Å². The van der Waals surface area contributed by atoms with Crippen molar-refractivity contribution >= 4 is 38.8 Å². The third-order valence-electron chi connectivity index (χ3n) is 7.27. The van der Waals surface area contributed by atoms with E-state index >= 15 is 0 Å². The molecule has 0 fully saturated rings. The van der Waals surface area contributed by atoms with Crippen molar-refractivity contribution in [1.29, 1.82) is 10.5 Å². The van der Waals surface area contributed by atoms with E-state index in [-0.39, 0.29) is 0 Å². The van der Waals surface area contributed by atoms with Crippen molar-refractivity contribution in [3.63, 3.8) is 0 Å². The summed E-state index contributed by atoms with van der Waals surface area (Å²) in [5.41, 5.74) is 7.99. The molecule has 2 heterocycles. The number of nitrogens with zero attached hydrogens (tertiary/aromatic N) is 4. The van der Waals surface area contributed by atoms with Crippen molar-refractivity contribution in [2.75, 3.05) is 0 Å². The van der Waals surface area contributed by atoms with E-state index in [0.717, 1.165) is 57.2 Å². The molecule has 1 aliphatic carbocycles. The zero-order chi connectivity index (χ0) is 24.2. The summed E-state index contributed by atoms with van der Waals surface area (Å²) in [5.74, 6) is 0. The monoisotopic (exact) mass is 460 g/mol. The topological polar surface area (TPSA) is 57.4 Å². The Balaban J connectivity index is 1.58.